The molecule has 0 radical (unpaired) electrons. The predicted octanol–water partition coefficient (Wildman–Crippen LogP) is 0.851. The van der Waals surface area contributed by atoms with Gasteiger partial charge in [0.15, 0.2) is 0 Å². The van der Waals surface area contributed by atoms with Gasteiger partial charge >= 0.3 is 0 Å². The van der Waals surface area contributed by atoms with Crippen LogP contribution in [0.1, 0.15) is 26.7 Å². The fourth-order valence-electron chi connectivity index (χ4n) is 1.65. The third-order valence-corrected chi connectivity index (χ3v) is 2.95. The molecule has 0 aromatic rings. The van der Waals surface area contributed by atoms with E-state index in [4.69, 9.17) is 0 Å². The normalized spacial score (nSPS) is 38.4. The highest BCUT2D eigenvalue weighted by Gasteiger charge is 2.37. The van der Waals surface area contributed by atoms with E-state index in [0.717, 1.165) is 13.0 Å². The van der Waals surface area contributed by atoms with Crippen LogP contribution in [0.25, 0.3) is 0 Å². The number of hydrogen-bond donors (Lipinski definition) is 1. The van der Waals surface area contributed by atoms with Crippen LogP contribution < -0.4 is 0 Å². The number of likely N-dealkylation sites (N-methyl/N-ethyl adjacent to an activating group) is 1. The van der Waals surface area contributed by atoms with Gasteiger partial charge < -0.3 is 5.11 Å². The molecule has 2 unspecified atom stereocenters. The molecule has 0 aromatic heterocycles. The summed E-state index contributed by atoms with van der Waals surface area (Å²) in [4.78, 5) is 2.25. The largest absolute Gasteiger partial charge is 0.391 e. The van der Waals surface area contributed by atoms with Gasteiger partial charge in [-0.25, -0.2) is 0 Å². The molecule has 0 bridgehead atoms. The predicted molar refractivity (Wildman–Crippen MR) is 41.9 cm³/mol. The Balaban J connectivity index is 2.66. The first-order valence-electron chi connectivity index (χ1n) is 3.96. The minimum atomic E-state index is -0.208. The minimum absolute atomic E-state index is 0.0417. The molecule has 1 rings (SSSR count). The van der Waals surface area contributed by atoms with Crippen molar-refractivity contribution >= 4 is 0 Å². The van der Waals surface area contributed by atoms with Crippen molar-refractivity contribution in [3.8, 4) is 0 Å². The zero-order valence-corrected chi connectivity index (χ0v) is 7.09. The van der Waals surface area contributed by atoms with Crippen molar-refractivity contribution in [3.63, 3.8) is 0 Å². The van der Waals surface area contributed by atoms with Gasteiger partial charge in [-0.15, -0.1) is 0 Å². The second-order valence-electron chi connectivity index (χ2n) is 3.56. The number of rotatable bonds is 1. The second-order valence-corrected chi connectivity index (χ2v) is 3.56. The molecule has 1 N–H and O–H groups in total. The number of nitrogens with zero attached hydrogens (tertiary/aromatic N) is 1. The fourth-order valence-corrected chi connectivity index (χ4v) is 1.65. The van der Waals surface area contributed by atoms with Gasteiger partial charge in [-0.3, -0.25) is 4.90 Å². The molecular formula is C8H17NO. The summed E-state index contributed by atoms with van der Waals surface area (Å²) in [6, 6.07) is 0. The summed E-state index contributed by atoms with van der Waals surface area (Å²) in [6.07, 6.45) is 2.14. The Morgan fingerprint density at radius 3 is 2.40 bits per heavy atom. The first-order chi connectivity index (χ1) is 4.57. The summed E-state index contributed by atoms with van der Waals surface area (Å²) in [5.74, 6) is 0. The molecule has 0 aliphatic carbocycles. The maximum atomic E-state index is 9.44. The van der Waals surface area contributed by atoms with Crippen LogP contribution in [-0.2, 0) is 0 Å². The standard InChI is InChI=1S/C8H17NO/c1-7(10)8(2)5-4-6-9(8)3/h7,10H,4-6H2,1-3H3. The smallest absolute Gasteiger partial charge is 0.0692 e. The highest BCUT2D eigenvalue weighted by molar-refractivity contribution is 4.93. The van der Waals surface area contributed by atoms with Gasteiger partial charge in [0.2, 0.25) is 0 Å². The quantitative estimate of drug-likeness (QED) is 0.588. The van der Waals surface area contributed by atoms with Crippen molar-refractivity contribution in [2.24, 2.45) is 0 Å². The van der Waals surface area contributed by atoms with Crippen LogP contribution in [0.4, 0.5) is 0 Å². The summed E-state index contributed by atoms with van der Waals surface area (Å²) in [6.45, 7) is 5.13. The van der Waals surface area contributed by atoms with Crippen molar-refractivity contribution in [2.45, 2.75) is 38.3 Å². The Hall–Kier alpha value is -0.0800. The molecule has 60 valence electrons. The van der Waals surface area contributed by atoms with E-state index in [0.29, 0.717) is 0 Å². The van der Waals surface area contributed by atoms with E-state index in [1.165, 1.54) is 6.42 Å². The average Bonchev–Trinajstić information content (AvgIpc) is 2.15. The number of hydrogen-bond acceptors (Lipinski definition) is 2. The molecule has 0 amide bonds. The SMILES string of the molecule is CC(O)C1(C)CCCN1C. The Morgan fingerprint density at radius 2 is 2.20 bits per heavy atom. The molecule has 10 heavy (non-hydrogen) atoms. The zero-order valence-electron chi connectivity index (χ0n) is 7.09. The third kappa shape index (κ3) is 1.06. The summed E-state index contributed by atoms with van der Waals surface area (Å²) in [7, 11) is 2.08. The van der Waals surface area contributed by atoms with Gasteiger partial charge in [-0.2, -0.15) is 0 Å². The fraction of sp³-hybridized carbons (Fsp3) is 1.00. The lowest BCUT2D eigenvalue weighted by Crippen LogP contribution is -2.47. The van der Waals surface area contributed by atoms with Crippen LogP contribution in [0.5, 0.6) is 0 Å². The van der Waals surface area contributed by atoms with Crippen molar-refractivity contribution in [2.75, 3.05) is 13.6 Å². The zero-order chi connectivity index (χ0) is 7.78. The van der Waals surface area contributed by atoms with Gasteiger partial charge in [0, 0.05) is 5.54 Å². The average molecular weight is 143 g/mol. The first kappa shape index (κ1) is 8.02. The number of aliphatic hydroxyl groups excluding tert-OH is 1. The monoisotopic (exact) mass is 143 g/mol. The van der Waals surface area contributed by atoms with Crippen molar-refractivity contribution < 1.29 is 5.11 Å². The second kappa shape index (κ2) is 2.51. The highest BCUT2D eigenvalue weighted by Crippen LogP contribution is 2.29. The van der Waals surface area contributed by atoms with E-state index < -0.39 is 0 Å². The van der Waals surface area contributed by atoms with Crippen LogP contribution in [0.2, 0.25) is 0 Å². The Labute approximate surface area is 62.8 Å². The molecule has 1 fully saturated rings. The van der Waals surface area contributed by atoms with Crippen molar-refractivity contribution in [1.82, 2.24) is 4.90 Å². The number of likely N-dealkylation sites (tertiary alicyclic amines) is 1. The molecule has 1 heterocycles. The van der Waals surface area contributed by atoms with Gasteiger partial charge in [-0.05, 0) is 40.3 Å². The van der Waals surface area contributed by atoms with Gasteiger partial charge in [-0.1, -0.05) is 0 Å². The highest BCUT2D eigenvalue weighted by atomic mass is 16.3. The van der Waals surface area contributed by atoms with E-state index in [9.17, 15) is 5.11 Å². The summed E-state index contributed by atoms with van der Waals surface area (Å²) >= 11 is 0. The van der Waals surface area contributed by atoms with Gasteiger partial charge in [0.25, 0.3) is 0 Å². The maximum absolute atomic E-state index is 9.44. The molecule has 1 aliphatic rings. The molecular weight excluding hydrogens is 126 g/mol. The van der Waals surface area contributed by atoms with E-state index in [1.54, 1.807) is 0 Å². The lowest BCUT2D eigenvalue weighted by Gasteiger charge is -2.34. The lowest BCUT2D eigenvalue weighted by atomic mass is 9.93. The molecule has 2 nitrogen and oxygen atoms in total. The molecule has 2 atom stereocenters. The molecule has 0 spiro atoms. The lowest BCUT2D eigenvalue weighted by molar-refractivity contribution is 0.0300. The molecule has 1 saturated heterocycles. The topological polar surface area (TPSA) is 23.5 Å². The maximum Gasteiger partial charge on any atom is 0.0692 e. The van der Waals surface area contributed by atoms with Crippen molar-refractivity contribution in [3.05, 3.63) is 0 Å². The van der Waals surface area contributed by atoms with E-state index >= 15 is 0 Å². The van der Waals surface area contributed by atoms with Crippen LogP contribution in [0, 0.1) is 0 Å². The van der Waals surface area contributed by atoms with Gasteiger partial charge in [0.05, 0.1) is 6.10 Å². The van der Waals surface area contributed by atoms with E-state index in [2.05, 4.69) is 18.9 Å². The van der Waals surface area contributed by atoms with Gasteiger partial charge in [0.1, 0.15) is 0 Å². The van der Waals surface area contributed by atoms with Crippen LogP contribution >= 0.6 is 0 Å². The Kier molecular flexibility index (Phi) is 2.02. The number of aliphatic hydroxyl groups is 1. The van der Waals surface area contributed by atoms with Crippen LogP contribution in [-0.4, -0.2) is 35.2 Å². The Bertz CT molecular complexity index is 124. The van der Waals surface area contributed by atoms with E-state index in [-0.39, 0.29) is 11.6 Å². The van der Waals surface area contributed by atoms with Crippen LogP contribution in [0.15, 0.2) is 0 Å². The summed E-state index contributed by atoms with van der Waals surface area (Å²) < 4.78 is 0. The Morgan fingerprint density at radius 1 is 1.60 bits per heavy atom. The molecule has 1 aliphatic heterocycles. The summed E-state index contributed by atoms with van der Waals surface area (Å²) in [5, 5.41) is 9.44. The van der Waals surface area contributed by atoms with Crippen molar-refractivity contribution in [1.29, 1.82) is 0 Å². The molecule has 0 saturated carbocycles. The molecule has 2 heteroatoms. The molecule has 0 aromatic carbocycles. The summed E-state index contributed by atoms with van der Waals surface area (Å²) in [5.41, 5.74) is 0.0417. The minimum Gasteiger partial charge on any atom is -0.391 e. The van der Waals surface area contributed by atoms with E-state index in [1.807, 2.05) is 6.92 Å². The first-order valence-corrected chi connectivity index (χ1v) is 3.96. The van der Waals surface area contributed by atoms with Crippen LogP contribution in [0.3, 0.4) is 0 Å². The third-order valence-electron chi connectivity index (χ3n) is 2.95.